The molecule has 0 radical (unpaired) electrons. The van der Waals surface area contributed by atoms with Gasteiger partial charge in [0.1, 0.15) is 24.9 Å². The zero-order valence-electron chi connectivity index (χ0n) is 15.7. The fraction of sp³-hybridized carbons (Fsp3) is 0.450. The minimum atomic E-state index is -1.89. The number of hydrogen-bond donors (Lipinski definition) is 1. The number of rotatable bonds is 8. The highest BCUT2D eigenvalue weighted by atomic mass is 35.6. The molecular formula is C20H24Cl3NO4. The van der Waals surface area contributed by atoms with Gasteiger partial charge in [-0.05, 0) is 25.5 Å². The van der Waals surface area contributed by atoms with Crippen molar-refractivity contribution >= 4 is 40.7 Å². The SMILES string of the molecule is C=C[C@@H]1OC(C)(C)O[C@@H]1[C@H](/C=C/COC(=N)C(Cl)(Cl)Cl)OCc1ccccc1. The predicted molar refractivity (Wildman–Crippen MR) is 112 cm³/mol. The highest BCUT2D eigenvalue weighted by molar-refractivity contribution is 6.76. The van der Waals surface area contributed by atoms with E-state index in [2.05, 4.69) is 6.58 Å². The van der Waals surface area contributed by atoms with Crippen molar-refractivity contribution in [2.75, 3.05) is 6.61 Å². The molecule has 3 atom stereocenters. The van der Waals surface area contributed by atoms with Gasteiger partial charge in [-0.25, -0.2) is 0 Å². The Labute approximate surface area is 180 Å². The third kappa shape index (κ3) is 7.07. The Hall–Kier alpha value is -1.08. The van der Waals surface area contributed by atoms with Crippen LogP contribution in [0.2, 0.25) is 0 Å². The fourth-order valence-corrected chi connectivity index (χ4v) is 2.85. The second-order valence-corrected chi connectivity index (χ2v) is 8.91. The van der Waals surface area contributed by atoms with Crippen molar-refractivity contribution in [3.63, 3.8) is 0 Å². The fourth-order valence-electron chi connectivity index (χ4n) is 2.68. The molecule has 0 saturated carbocycles. The molecule has 0 aromatic heterocycles. The average molecular weight is 449 g/mol. The molecule has 154 valence electrons. The molecule has 1 aliphatic rings. The molecule has 0 amide bonds. The maximum atomic E-state index is 7.56. The topological polar surface area (TPSA) is 60.8 Å². The Morgan fingerprint density at radius 1 is 1.29 bits per heavy atom. The van der Waals surface area contributed by atoms with Gasteiger partial charge >= 0.3 is 0 Å². The van der Waals surface area contributed by atoms with Gasteiger partial charge in [-0.2, -0.15) is 0 Å². The quantitative estimate of drug-likeness (QED) is 0.257. The van der Waals surface area contributed by atoms with Gasteiger partial charge in [-0.1, -0.05) is 77.3 Å². The van der Waals surface area contributed by atoms with Gasteiger partial charge in [-0.3, -0.25) is 5.41 Å². The summed E-state index contributed by atoms with van der Waals surface area (Å²) in [6, 6.07) is 9.80. The second-order valence-electron chi connectivity index (χ2n) is 6.63. The summed E-state index contributed by atoms with van der Waals surface area (Å²) in [5.74, 6) is -1.20. The lowest BCUT2D eigenvalue weighted by molar-refractivity contribution is -0.154. The van der Waals surface area contributed by atoms with Crippen LogP contribution in [-0.4, -0.2) is 40.4 Å². The first-order valence-corrected chi connectivity index (χ1v) is 9.85. The van der Waals surface area contributed by atoms with E-state index in [9.17, 15) is 0 Å². The van der Waals surface area contributed by atoms with Gasteiger partial charge in [0.15, 0.2) is 5.79 Å². The van der Waals surface area contributed by atoms with E-state index in [0.29, 0.717) is 6.61 Å². The van der Waals surface area contributed by atoms with Gasteiger partial charge in [0, 0.05) is 0 Å². The summed E-state index contributed by atoms with van der Waals surface area (Å²) in [5.41, 5.74) is 1.03. The number of hydrogen-bond acceptors (Lipinski definition) is 5. The standard InChI is InChI=1S/C20H24Cl3NO4/c1-4-15-17(28-19(2,3)27-15)16(26-13-14-9-6-5-7-10-14)11-8-12-25-18(24)20(21,22)23/h4-11,15-17,24H,1,12-13H2,2-3H3/b11-8+,24-18?/t15-,16-,17-/m0/s1. The first-order chi connectivity index (χ1) is 13.1. The van der Waals surface area contributed by atoms with Crippen LogP contribution in [0.1, 0.15) is 19.4 Å². The summed E-state index contributed by atoms with van der Waals surface area (Å²) in [6.45, 7) is 7.95. The Morgan fingerprint density at radius 2 is 1.96 bits per heavy atom. The number of halogens is 3. The van der Waals surface area contributed by atoms with E-state index < -0.39 is 21.6 Å². The summed E-state index contributed by atoms with van der Waals surface area (Å²) in [4.78, 5) is 0. The Morgan fingerprint density at radius 3 is 2.57 bits per heavy atom. The van der Waals surface area contributed by atoms with Gasteiger partial charge in [-0.15, -0.1) is 6.58 Å². The predicted octanol–water partition coefficient (Wildman–Crippen LogP) is 5.20. The van der Waals surface area contributed by atoms with E-state index in [4.69, 9.17) is 59.2 Å². The third-order valence-electron chi connectivity index (χ3n) is 3.91. The molecule has 1 aliphatic heterocycles. The number of ether oxygens (including phenoxy) is 4. The summed E-state index contributed by atoms with van der Waals surface area (Å²) >= 11 is 16.8. The first-order valence-electron chi connectivity index (χ1n) is 8.71. The third-order valence-corrected chi connectivity index (χ3v) is 4.43. The molecule has 28 heavy (non-hydrogen) atoms. The summed E-state index contributed by atoms with van der Waals surface area (Å²) in [6.07, 6.45) is 4.02. The zero-order chi connectivity index (χ0) is 20.8. The molecule has 0 unspecified atom stereocenters. The van der Waals surface area contributed by atoms with Gasteiger partial charge < -0.3 is 18.9 Å². The van der Waals surface area contributed by atoms with Crippen LogP contribution < -0.4 is 0 Å². The molecule has 1 N–H and O–H groups in total. The molecule has 1 aromatic carbocycles. The lowest BCUT2D eigenvalue weighted by Crippen LogP contribution is -2.35. The van der Waals surface area contributed by atoms with E-state index in [0.717, 1.165) is 5.56 Å². The highest BCUT2D eigenvalue weighted by Crippen LogP contribution is 2.32. The molecule has 0 spiro atoms. The van der Waals surface area contributed by atoms with E-state index in [1.807, 2.05) is 44.2 Å². The number of benzene rings is 1. The van der Waals surface area contributed by atoms with Crippen LogP contribution in [-0.2, 0) is 25.6 Å². The molecule has 0 aliphatic carbocycles. The van der Waals surface area contributed by atoms with Crippen molar-refractivity contribution in [2.45, 2.75) is 48.3 Å². The van der Waals surface area contributed by atoms with Crippen molar-refractivity contribution in [3.8, 4) is 0 Å². The first kappa shape index (κ1) is 23.2. The smallest absolute Gasteiger partial charge is 0.265 e. The van der Waals surface area contributed by atoms with Crippen LogP contribution in [0.15, 0.2) is 55.1 Å². The maximum Gasteiger partial charge on any atom is 0.265 e. The highest BCUT2D eigenvalue weighted by Gasteiger charge is 2.43. The van der Waals surface area contributed by atoms with E-state index in [-0.39, 0.29) is 18.8 Å². The number of nitrogens with one attached hydrogen (secondary N) is 1. The summed E-state index contributed by atoms with van der Waals surface area (Å²) in [5, 5.41) is 7.56. The monoisotopic (exact) mass is 447 g/mol. The van der Waals surface area contributed by atoms with Crippen LogP contribution in [0.5, 0.6) is 0 Å². The van der Waals surface area contributed by atoms with Gasteiger partial charge in [0.2, 0.25) is 5.90 Å². The lowest BCUT2D eigenvalue weighted by atomic mass is 10.1. The molecular weight excluding hydrogens is 425 g/mol. The Balaban J connectivity index is 2.06. The van der Waals surface area contributed by atoms with Crippen molar-refractivity contribution in [1.29, 1.82) is 5.41 Å². The minimum Gasteiger partial charge on any atom is -0.474 e. The van der Waals surface area contributed by atoms with Crippen molar-refractivity contribution in [1.82, 2.24) is 0 Å². The zero-order valence-corrected chi connectivity index (χ0v) is 18.0. The normalized spacial score (nSPS) is 22.9. The van der Waals surface area contributed by atoms with E-state index in [1.54, 1.807) is 18.2 Å². The van der Waals surface area contributed by atoms with E-state index in [1.165, 1.54) is 0 Å². The molecule has 2 rings (SSSR count). The van der Waals surface area contributed by atoms with Crippen LogP contribution in [0.4, 0.5) is 0 Å². The Kier molecular flexibility index (Phi) is 8.37. The maximum absolute atomic E-state index is 7.56. The van der Waals surface area contributed by atoms with Crippen LogP contribution >= 0.6 is 34.8 Å². The molecule has 5 nitrogen and oxygen atoms in total. The summed E-state index contributed by atoms with van der Waals surface area (Å²) < 4.78 is 21.2. The average Bonchev–Trinajstić information content (AvgIpc) is 2.95. The van der Waals surface area contributed by atoms with Gasteiger partial charge in [0.05, 0.1) is 6.61 Å². The van der Waals surface area contributed by atoms with E-state index >= 15 is 0 Å². The minimum absolute atomic E-state index is 0.0493. The largest absolute Gasteiger partial charge is 0.474 e. The van der Waals surface area contributed by atoms with Crippen molar-refractivity contribution in [3.05, 3.63) is 60.7 Å². The molecule has 0 bridgehead atoms. The molecule has 8 heteroatoms. The molecule has 1 heterocycles. The van der Waals surface area contributed by atoms with Crippen LogP contribution in [0.3, 0.4) is 0 Å². The lowest BCUT2D eigenvalue weighted by Gasteiger charge is -2.24. The van der Waals surface area contributed by atoms with Crippen LogP contribution in [0, 0.1) is 5.41 Å². The van der Waals surface area contributed by atoms with Crippen molar-refractivity contribution in [2.24, 2.45) is 0 Å². The molecule has 1 saturated heterocycles. The Bertz CT molecular complexity index is 688. The number of alkyl halides is 3. The van der Waals surface area contributed by atoms with Gasteiger partial charge in [0.25, 0.3) is 3.79 Å². The molecule has 1 fully saturated rings. The summed E-state index contributed by atoms with van der Waals surface area (Å²) in [7, 11) is 0. The molecule has 1 aromatic rings. The van der Waals surface area contributed by atoms with Crippen LogP contribution in [0.25, 0.3) is 0 Å². The van der Waals surface area contributed by atoms with Crippen molar-refractivity contribution < 1.29 is 18.9 Å². The second kappa shape index (κ2) is 10.1.